The number of thiophene rings is 5. The van der Waals surface area contributed by atoms with E-state index in [0.717, 1.165) is 25.1 Å². The van der Waals surface area contributed by atoms with E-state index in [2.05, 4.69) is 35.0 Å². The number of esters is 1. The molecule has 6 aromatic rings. The molecule has 15 heteroatoms. The van der Waals surface area contributed by atoms with E-state index in [4.69, 9.17) is 4.74 Å². The highest BCUT2D eigenvalue weighted by molar-refractivity contribution is 7.92. The van der Waals surface area contributed by atoms with Crippen molar-refractivity contribution in [1.82, 2.24) is 15.0 Å². The molecule has 0 unspecified atom stereocenters. The van der Waals surface area contributed by atoms with Crippen molar-refractivity contribution in [2.75, 3.05) is 7.11 Å². The van der Waals surface area contributed by atoms with Gasteiger partial charge in [0, 0.05) is 14.6 Å². The van der Waals surface area contributed by atoms with Gasteiger partial charge in [-0.05, 0) is 49.9 Å². The third-order valence-electron chi connectivity index (χ3n) is 7.51. The molecule has 0 saturated carbocycles. The van der Waals surface area contributed by atoms with E-state index in [1.165, 1.54) is 64.4 Å². The lowest BCUT2D eigenvalue weighted by Gasteiger charge is -2.03. The van der Waals surface area contributed by atoms with Crippen molar-refractivity contribution in [2.24, 2.45) is 0 Å². The summed E-state index contributed by atoms with van der Waals surface area (Å²) in [6, 6.07) is 2.16. The summed E-state index contributed by atoms with van der Waals surface area (Å²) in [7, 11) is -2.34. The quantitative estimate of drug-likeness (QED) is 0.159. The average molecular weight is 687 g/mol. The number of nitriles is 1. The molecule has 7 heterocycles. The summed E-state index contributed by atoms with van der Waals surface area (Å²) in [5.41, 5.74) is 4.35. The Kier molecular flexibility index (Phi) is 6.89. The number of fused-ring (bicyclic) bond motifs is 6. The number of rotatable bonds is 7. The summed E-state index contributed by atoms with van der Waals surface area (Å²) >= 11 is 8.02. The van der Waals surface area contributed by atoms with Crippen LogP contribution < -0.4 is 0 Å². The van der Waals surface area contributed by atoms with Gasteiger partial charge in [-0.1, -0.05) is 5.21 Å². The van der Waals surface area contributed by atoms with Gasteiger partial charge in [-0.2, -0.15) is 5.26 Å². The predicted molar refractivity (Wildman–Crippen MR) is 171 cm³/mol. The van der Waals surface area contributed by atoms with Gasteiger partial charge in [-0.3, -0.25) is 4.79 Å². The Morgan fingerprint density at radius 3 is 2.28 bits per heavy atom. The third-order valence-corrected chi connectivity index (χ3v) is 17.1. The average Bonchev–Trinajstić information content (AvgIpc) is 3.81. The molecule has 0 atom stereocenters. The maximum Gasteiger partial charge on any atom is 0.327 e. The number of hydrogen-bond donors (Lipinski definition) is 0. The Morgan fingerprint density at radius 1 is 0.860 bits per heavy atom. The lowest BCUT2D eigenvalue weighted by molar-refractivity contribution is -0.141. The molecule has 0 fully saturated rings. The molecule has 6 aromatic heterocycles. The van der Waals surface area contributed by atoms with Crippen molar-refractivity contribution in [2.45, 2.75) is 57.2 Å². The minimum absolute atomic E-state index is 0.00231. The molecule has 0 amide bonds. The molecular formula is C28H22N4O5S6. The number of carbonyl (C=O) groups excluding carboxylic acids is 1. The summed E-state index contributed by atoms with van der Waals surface area (Å²) in [6.07, 6.45) is 1.67. The molecule has 0 radical (unpaired) electrons. The first kappa shape index (κ1) is 28.8. The third kappa shape index (κ3) is 4.26. The van der Waals surface area contributed by atoms with Gasteiger partial charge in [-0.15, -0.1) is 61.8 Å². The Hall–Kier alpha value is -2.97. The largest absolute Gasteiger partial charge is 0.468 e. The fraction of sp³-hybridized carbons (Fsp3) is 0.286. The van der Waals surface area contributed by atoms with Crippen molar-refractivity contribution in [3.05, 3.63) is 43.9 Å². The van der Waals surface area contributed by atoms with Crippen LogP contribution in [0.1, 0.15) is 37.7 Å². The fourth-order valence-corrected chi connectivity index (χ4v) is 15.4. The van der Waals surface area contributed by atoms with E-state index in [1.54, 1.807) is 47.1 Å². The maximum atomic E-state index is 13.6. The second-order valence-electron chi connectivity index (χ2n) is 10.1. The van der Waals surface area contributed by atoms with E-state index in [0.29, 0.717) is 37.4 Å². The second-order valence-corrected chi connectivity index (χ2v) is 17.2. The molecule has 1 aliphatic heterocycles. The molecule has 9 nitrogen and oxygen atoms in total. The van der Waals surface area contributed by atoms with Crippen molar-refractivity contribution in [3.8, 4) is 25.6 Å². The Bertz CT molecular complexity index is 2290. The molecule has 0 aromatic carbocycles. The number of sulfone groups is 1. The minimum atomic E-state index is -3.67. The molecule has 0 aliphatic carbocycles. The Balaban J connectivity index is 1.19. The van der Waals surface area contributed by atoms with Gasteiger partial charge >= 0.3 is 5.97 Å². The Morgan fingerprint density at radius 2 is 1.53 bits per heavy atom. The lowest BCUT2D eigenvalue weighted by atomic mass is 10.2. The van der Waals surface area contributed by atoms with Crippen LogP contribution in [0.2, 0.25) is 0 Å². The zero-order valence-corrected chi connectivity index (χ0v) is 28.4. The fourth-order valence-electron chi connectivity index (χ4n) is 5.34. The van der Waals surface area contributed by atoms with Crippen LogP contribution >= 0.6 is 56.7 Å². The molecule has 43 heavy (non-hydrogen) atoms. The number of hydrogen-bond acceptors (Lipinski definition) is 13. The van der Waals surface area contributed by atoms with Crippen LogP contribution in [0.3, 0.4) is 0 Å². The number of methoxy groups -OCH3 is 1. The summed E-state index contributed by atoms with van der Waals surface area (Å²) in [5, 5.41) is 17.5. The van der Waals surface area contributed by atoms with Crippen molar-refractivity contribution in [3.63, 3.8) is 0 Å². The van der Waals surface area contributed by atoms with Gasteiger partial charge in [0.05, 0.1) is 64.9 Å². The van der Waals surface area contributed by atoms with Crippen LogP contribution in [0.4, 0.5) is 0 Å². The smallest absolute Gasteiger partial charge is 0.327 e. The van der Waals surface area contributed by atoms with Crippen LogP contribution in [-0.4, -0.2) is 36.5 Å². The molecule has 7 rings (SSSR count). The molecule has 0 spiro atoms. The SMILES string of the molecule is COC(=O)Cn1cc(COCc2sc3c(sc4c(C)c(-c5sc6c(c5C)S(=O)(=O)c5c-6sc(C#N)c5C)sc43)c2C)nn1. The molecule has 1 aliphatic rings. The van der Waals surface area contributed by atoms with E-state index in [1.807, 2.05) is 6.92 Å². The van der Waals surface area contributed by atoms with Gasteiger partial charge in [0.25, 0.3) is 0 Å². The van der Waals surface area contributed by atoms with Crippen molar-refractivity contribution < 1.29 is 22.7 Å². The Labute approximate surface area is 266 Å². The maximum absolute atomic E-state index is 13.6. The summed E-state index contributed by atoms with van der Waals surface area (Å²) in [5.74, 6) is -0.394. The van der Waals surface area contributed by atoms with Gasteiger partial charge < -0.3 is 9.47 Å². The number of aryl methyl sites for hydroxylation is 2. The van der Waals surface area contributed by atoms with Gasteiger partial charge in [0.15, 0.2) is 0 Å². The van der Waals surface area contributed by atoms with Crippen LogP contribution in [0.5, 0.6) is 0 Å². The van der Waals surface area contributed by atoms with Crippen LogP contribution in [0.25, 0.3) is 38.3 Å². The molecule has 0 N–H and O–H groups in total. The van der Waals surface area contributed by atoms with Gasteiger partial charge in [-0.25, -0.2) is 13.1 Å². The highest BCUT2D eigenvalue weighted by atomic mass is 32.2. The standard InChI is InChI=1S/C28H22N4O5S6/c1-11-17(10-37-9-15-7-32(31-30-15)8-18(33)36-5)39-23-19(11)40-21-13(3)20(41-24(21)23)22-14(4)28-26(42-22)25-27(43(28,34)35)12(2)16(6-29)38-25/h7H,8-10H2,1-5H3. The number of carbonyl (C=O) groups is 1. The highest BCUT2D eigenvalue weighted by Gasteiger charge is 2.42. The molecule has 0 saturated heterocycles. The minimum Gasteiger partial charge on any atom is -0.468 e. The van der Waals surface area contributed by atoms with Gasteiger partial charge in [0.2, 0.25) is 9.84 Å². The number of aromatic nitrogens is 3. The summed E-state index contributed by atoms with van der Waals surface area (Å²) in [6.45, 7) is 8.58. The second kappa shape index (κ2) is 10.3. The van der Waals surface area contributed by atoms with E-state index >= 15 is 0 Å². The summed E-state index contributed by atoms with van der Waals surface area (Å²) in [4.78, 5) is 17.3. The first-order valence-electron chi connectivity index (χ1n) is 12.9. The summed E-state index contributed by atoms with van der Waals surface area (Å²) < 4.78 is 44.2. The zero-order valence-electron chi connectivity index (χ0n) is 23.5. The van der Waals surface area contributed by atoms with Crippen LogP contribution in [-0.2, 0) is 43.9 Å². The van der Waals surface area contributed by atoms with Crippen LogP contribution in [0, 0.1) is 39.0 Å². The van der Waals surface area contributed by atoms with E-state index in [-0.39, 0.29) is 13.2 Å². The van der Waals surface area contributed by atoms with Crippen molar-refractivity contribution in [1.29, 1.82) is 5.26 Å². The number of nitrogens with zero attached hydrogens (tertiary/aromatic N) is 4. The van der Waals surface area contributed by atoms with Crippen molar-refractivity contribution >= 4 is 91.3 Å². The molecule has 220 valence electrons. The zero-order chi connectivity index (χ0) is 30.4. The lowest BCUT2D eigenvalue weighted by Crippen LogP contribution is -2.11. The highest BCUT2D eigenvalue weighted by Crippen LogP contribution is 2.59. The van der Waals surface area contributed by atoms with E-state index < -0.39 is 15.8 Å². The molecule has 0 bridgehead atoms. The monoisotopic (exact) mass is 686 g/mol. The first-order chi connectivity index (χ1) is 20.5. The molecular weight excluding hydrogens is 665 g/mol. The van der Waals surface area contributed by atoms with Gasteiger partial charge in [0.1, 0.15) is 23.2 Å². The normalized spacial score (nSPS) is 13.6. The first-order valence-corrected chi connectivity index (χ1v) is 18.5. The van der Waals surface area contributed by atoms with Crippen LogP contribution in [0.15, 0.2) is 16.0 Å². The number of ether oxygens (including phenoxy) is 2. The van der Waals surface area contributed by atoms with E-state index in [9.17, 15) is 18.5 Å². The topological polar surface area (TPSA) is 124 Å². The predicted octanol–water partition coefficient (Wildman–Crippen LogP) is 7.37.